The summed E-state index contributed by atoms with van der Waals surface area (Å²) in [6, 6.07) is 5.27. The summed E-state index contributed by atoms with van der Waals surface area (Å²) in [6.45, 7) is 7.57. The SMILES string of the molecule is CCn1c(S[C@@H](C)C(=O)Nc2ccc(OC)c(OC)c2)nnc1N1CCOCC1. The molecule has 1 amide bonds. The summed E-state index contributed by atoms with van der Waals surface area (Å²) in [5.74, 6) is 1.87. The molecule has 1 atom stereocenters. The number of carbonyl (C=O) groups excluding carboxylic acids is 1. The lowest BCUT2D eigenvalue weighted by molar-refractivity contribution is -0.115. The lowest BCUT2D eigenvalue weighted by atomic mass is 10.2. The normalized spacial score (nSPS) is 15.1. The predicted octanol–water partition coefficient (Wildman–Crippen LogP) is 2.27. The summed E-state index contributed by atoms with van der Waals surface area (Å²) in [4.78, 5) is 14.9. The smallest absolute Gasteiger partial charge is 0.237 e. The number of aromatic nitrogens is 3. The Kier molecular flexibility index (Phi) is 7.21. The average molecular weight is 422 g/mol. The highest BCUT2D eigenvalue weighted by molar-refractivity contribution is 8.00. The number of hydrogen-bond donors (Lipinski definition) is 1. The largest absolute Gasteiger partial charge is 0.493 e. The lowest BCUT2D eigenvalue weighted by Gasteiger charge is -2.27. The number of hydrogen-bond acceptors (Lipinski definition) is 8. The molecule has 3 rings (SSSR count). The van der Waals surface area contributed by atoms with Crippen LogP contribution >= 0.6 is 11.8 Å². The van der Waals surface area contributed by atoms with Crippen molar-refractivity contribution in [1.82, 2.24) is 14.8 Å². The van der Waals surface area contributed by atoms with Crippen LogP contribution in [0.4, 0.5) is 11.6 Å². The van der Waals surface area contributed by atoms with E-state index in [2.05, 4.69) is 20.4 Å². The Hall–Kier alpha value is -2.46. The van der Waals surface area contributed by atoms with Crippen molar-refractivity contribution in [2.45, 2.75) is 30.8 Å². The number of methoxy groups -OCH3 is 2. The van der Waals surface area contributed by atoms with E-state index in [0.717, 1.165) is 30.7 Å². The molecule has 158 valence electrons. The molecule has 1 aliphatic rings. The summed E-state index contributed by atoms with van der Waals surface area (Å²) in [6.07, 6.45) is 0. The first-order chi connectivity index (χ1) is 14.1. The zero-order valence-corrected chi connectivity index (χ0v) is 18.0. The van der Waals surface area contributed by atoms with Gasteiger partial charge in [-0.2, -0.15) is 0 Å². The summed E-state index contributed by atoms with van der Waals surface area (Å²) in [7, 11) is 3.13. The molecule has 0 unspecified atom stereocenters. The minimum Gasteiger partial charge on any atom is -0.493 e. The average Bonchev–Trinajstić information content (AvgIpc) is 3.16. The van der Waals surface area contributed by atoms with Crippen LogP contribution in [0.15, 0.2) is 23.4 Å². The molecule has 1 aromatic heterocycles. The van der Waals surface area contributed by atoms with Crippen molar-refractivity contribution < 1.29 is 19.0 Å². The van der Waals surface area contributed by atoms with Gasteiger partial charge in [0.2, 0.25) is 11.9 Å². The van der Waals surface area contributed by atoms with Crippen molar-refractivity contribution in [2.24, 2.45) is 0 Å². The van der Waals surface area contributed by atoms with Crippen molar-refractivity contribution in [1.29, 1.82) is 0 Å². The van der Waals surface area contributed by atoms with Gasteiger partial charge in [-0.05, 0) is 26.0 Å². The molecule has 1 aliphatic heterocycles. The molecule has 29 heavy (non-hydrogen) atoms. The number of thioether (sulfide) groups is 1. The quantitative estimate of drug-likeness (QED) is 0.649. The van der Waals surface area contributed by atoms with Crippen LogP contribution in [0.2, 0.25) is 0 Å². The van der Waals surface area contributed by atoms with Gasteiger partial charge in [-0.15, -0.1) is 10.2 Å². The van der Waals surface area contributed by atoms with E-state index in [1.165, 1.54) is 11.8 Å². The number of morpholine rings is 1. The van der Waals surface area contributed by atoms with Gasteiger partial charge in [0.15, 0.2) is 16.7 Å². The maximum Gasteiger partial charge on any atom is 0.237 e. The van der Waals surface area contributed by atoms with Gasteiger partial charge >= 0.3 is 0 Å². The fourth-order valence-corrected chi connectivity index (χ4v) is 3.92. The molecule has 2 aromatic rings. The van der Waals surface area contributed by atoms with Gasteiger partial charge < -0.3 is 24.4 Å². The minimum atomic E-state index is -0.352. The van der Waals surface area contributed by atoms with Crippen LogP contribution in [0.1, 0.15) is 13.8 Å². The zero-order valence-electron chi connectivity index (χ0n) is 17.2. The number of ether oxygens (including phenoxy) is 3. The van der Waals surface area contributed by atoms with Gasteiger partial charge in [0.25, 0.3) is 0 Å². The second kappa shape index (κ2) is 9.84. The number of anilines is 2. The van der Waals surface area contributed by atoms with Crippen molar-refractivity contribution in [2.75, 3.05) is 50.7 Å². The Morgan fingerprint density at radius 2 is 1.97 bits per heavy atom. The van der Waals surface area contributed by atoms with Crippen LogP contribution < -0.4 is 19.7 Å². The van der Waals surface area contributed by atoms with Crippen LogP contribution in [0, 0.1) is 0 Å². The highest BCUT2D eigenvalue weighted by Gasteiger charge is 2.23. The third-order valence-corrected chi connectivity index (χ3v) is 5.69. The van der Waals surface area contributed by atoms with Crippen molar-refractivity contribution in [3.05, 3.63) is 18.2 Å². The van der Waals surface area contributed by atoms with E-state index in [1.807, 2.05) is 18.4 Å². The molecule has 1 fully saturated rings. The van der Waals surface area contributed by atoms with E-state index < -0.39 is 0 Å². The fourth-order valence-electron chi connectivity index (χ4n) is 3.01. The van der Waals surface area contributed by atoms with Gasteiger partial charge in [-0.25, -0.2) is 0 Å². The first-order valence-corrected chi connectivity index (χ1v) is 10.4. The topological polar surface area (TPSA) is 90.7 Å². The highest BCUT2D eigenvalue weighted by Crippen LogP contribution is 2.31. The monoisotopic (exact) mass is 421 g/mol. The van der Waals surface area contributed by atoms with Crippen LogP contribution in [0.5, 0.6) is 11.5 Å². The summed E-state index contributed by atoms with van der Waals surface area (Å²) in [5, 5.41) is 12.0. The molecular weight excluding hydrogens is 394 g/mol. The van der Waals surface area contributed by atoms with Crippen molar-refractivity contribution in [3.8, 4) is 11.5 Å². The molecule has 1 aromatic carbocycles. The summed E-state index contributed by atoms with van der Waals surface area (Å²) >= 11 is 1.39. The van der Waals surface area contributed by atoms with Crippen LogP contribution in [0.3, 0.4) is 0 Å². The van der Waals surface area contributed by atoms with E-state index in [-0.39, 0.29) is 11.2 Å². The third kappa shape index (κ3) is 4.94. The van der Waals surface area contributed by atoms with Crippen molar-refractivity contribution in [3.63, 3.8) is 0 Å². The lowest BCUT2D eigenvalue weighted by Crippen LogP contribution is -2.38. The van der Waals surface area contributed by atoms with E-state index in [0.29, 0.717) is 30.4 Å². The second-order valence-corrected chi connectivity index (χ2v) is 7.75. The number of carbonyl (C=O) groups is 1. The molecule has 0 spiro atoms. The molecular formula is C19H27N5O4S. The highest BCUT2D eigenvalue weighted by atomic mass is 32.2. The molecule has 0 radical (unpaired) electrons. The first-order valence-electron chi connectivity index (χ1n) is 9.52. The number of benzene rings is 1. The van der Waals surface area contributed by atoms with E-state index in [9.17, 15) is 4.79 Å². The van der Waals surface area contributed by atoms with Crippen LogP contribution in [-0.4, -0.2) is 66.4 Å². The van der Waals surface area contributed by atoms with Crippen molar-refractivity contribution >= 4 is 29.3 Å². The Morgan fingerprint density at radius 3 is 2.62 bits per heavy atom. The van der Waals surface area contributed by atoms with Crippen LogP contribution in [-0.2, 0) is 16.1 Å². The van der Waals surface area contributed by atoms with E-state index in [4.69, 9.17) is 14.2 Å². The minimum absolute atomic E-state index is 0.124. The molecule has 0 aliphatic carbocycles. The molecule has 1 saturated heterocycles. The summed E-state index contributed by atoms with van der Waals surface area (Å²) < 4.78 is 18.0. The Balaban J connectivity index is 1.67. The van der Waals surface area contributed by atoms with Gasteiger partial charge in [0.05, 0.1) is 32.7 Å². The van der Waals surface area contributed by atoms with Crippen LogP contribution in [0.25, 0.3) is 0 Å². The van der Waals surface area contributed by atoms with Gasteiger partial charge in [-0.3, -0.25) is 9.36 Å². The third-order valence-electron chi connectivity index (χ3n) is 4.61. The maximum absolute atomic E-state index is 12.7. The predicted molar refractivity (Wildman–Crippen MR) is 112 cm³/mol. The first kappa shape index (κ1) is 21.3. The molecule has 10 heteroatoms. The van der Waals surface area contributed by atoms with Gasteiger partial charge in [0, 0.05) is 31.4 Å². The molecule has 0 bridgehead atoms. The Labute approximate surface area is 174 Å². The van der Waals surface area contributed by atoms with Gasteiger partial charge in [0.1, 0.15) is 0 Å². The number of nitrogens with zero attached hydrogens (tertiary/aromatic N) is 4. The maximum atomic E-state index is 12.7. The molecule has 2 heterocycles. The number of nitrogens with one attached hydrogen (secondary N) is 1. The Morgan fingerprint density at radius 1 is 1.24 bits per heavy atom. The fraction of sp³-hybridized carbons (Fsp3) is 0.526. The van der Waals surface area contributed by atoms with E-state index >= 15 is 0 Å². The second-order valence-electron chi connectivity index (χ2n) is 6.45. The Bertz CT molecular complexity index is 838. The zero-order chi connectivity index (χ0) is 20.8. The number of amides is 1. The molecule has 0 saturated carbocycles. The van der Waals surface area contributed by atoms with Gasteiger partial charge in [-0.1, -0.05) is 11.8 Å². The standard InChI is InChI=1S/C19H27N5O4S/c1-5-24-18(23-8-10-28-11-9-23)21-22-19(24)29-13(2)17(25)20-14-6-7-15(26-3)16(12-14)27-4/h6-7,12-13H,5,8-11H2,1-4H3,(H,20,25)/t13-/m0/s1. The number of rotatable bonds is 8. The molecule has 9 nitrogen and oxygen atoms in total. The summed E-state index contributed by atoms with van der Waals surface area (Å²) in [5.41, 5.74) is 0.645. The molecule has 1 N–H and O–H groups in total. The van der Waals surface area contributed by atoms with E-state index in [1.54, 1.807) is 32.4 Å².